The Labute approximate surface area is 263 Å². The first-order chi connectivity index (χ1) is 22.1. The number of fused-ring (bicyclic) bond motifs is 7. The fourth-order valence-electron chi connectivity index (χ4n) is 7.67. The van der Waals surface area contributed by atoms with Crippen molar-refractivity contribution in [2.45, 2.75) is 19.3 Å². The van der Waals surface area contributed by atoms with E-state index in [0.717, 1.165) is 17.1 Å². The number of hydrogen-bond donors (Lipinski definition) is 0. The summed E-state index contributed by atoms with van der Waals surface area (Å²) in [6.45, 7) is 4.71. The molecule has 0 amide bonds. The van der Waals surface area contributed by atoms with Crippen LogP contribution < -0.4 is 4.90 Å². The molecule has 0 bridgehead atoms. The Hall–Kier alpha value is -5.60. The largest absolute Gasteiger partial charge is 0.308 e. The second-order valence-electron chi connectivity index (χ2n) is 12.6. The van der Waals surface area contributed by atoms with Gasteiger partial charge in [0.15, 0.2) is 0 Å². The van der Waals surface area contributed by atoms with Crippen molar-refractivity contribution < 1.29 is 0 Å². The Balaban J connectivity index is 1.37. The van der Waals surface area contributed by atoms with E-state index < -0.39 is 0 Å². The maximum atomic E-state index is 2.48. The van der Waals surface area contributed by atoms with Gasteiger partial charge in [-0.15, -0.1) is 0 Å². The van der Waals surface area contributed by atoms with Crippen LogP contribution in [0.15, 0.2) is 158 Å². The van der Waals surface area contributed by atoms with Crippen LogP contribution in [0.3, 0.4) is 0 Å². The SMILES string of the molecule is CC1(C)c2ccccc2-c2ccc(N(c3ccccc3)c3cccc4c5ccccc5n(-c5cccc6ccccc56)c34)cc21. The monoisotopic (exact) mass is 576 g/mol. The van der Waals surface area contributed by atoms with Crippen LogP contribution >= 0.6 is 0 Å². The lowest BCUT2D eigenvalue weighted by atomic mass is 9.82. The van der Waals surface area contributed by atoms with Gasteiger partial charge in [0.2, 0.25) is 0 Å². The first-order valence-corrected chi connectivity index (χ1v) is 15.7. The Kier molecular flexibility index (Phi) is 5.58. The van der Waals surface area contributed by atoms with Gasteiger partial charge < -0.3 is 9.47 Å². The molecule has 1 heterocycles. The minimum atomic E-state index is -0.0891. The molecule has 0 radical (unpaired) electrons. The number of hydrogen-bond acceptors (Lipinski definition) is 1. The van der Waals surface area contributed by atoms with Crippen molar-refractivity contribution in [1.29, 1.82) is 0 Å². The Morgan fingerprint density at radius 3 is 2.04 bits per heavy atom. The van der Waals surface area contributed by atoms with E-state index in [0.29, 0.717) is 0 Å². The van der Waals surface area contributed by atoms with E-state index in [2.05, 4.69) is 181 Å². The number of para-hydroxylation sites is 3. The molecule has 2 nitrogen and oxygen atoms in total. The third-order valence-corrected chi connectivity index (χ3v) is 9.76. The van der Waals surface area contributed by atoms with Gasteiger partial charge in [-0.2, -0.15) is 0 Å². The highest BCUT2D eigenvalue weighted by Crippen LogP contribution is 2.51. The van der Waals surface area contributed by atoms with Gasteiger partial charge in [-0.25, -0.2) is 0 Å². The Morgan fingerprint density at radius 1 is 0.489 bits per heavy atom. The van der Waals surface area contributed by atoms with Crippen molar-refractivity contribution in [3.63, 3.8) is 0 Å². The molecule has 0 saturated carbocycles. The van der Waals surface area contributed by atoms with Gasteiger partial charge in [-0.1, -0.05) is 129 Å². The van der Waals surface area contributed by atoms with Crippen molar-refractivity contribution in [2.75, 3.05) is 4.90 Å². The highest BCUT2D eigenvalue weighted by atomic mass is 15.2. The van der Waals surface area contributed by atoms with Crippen LogP contribution in [0.1, 0.15) is 25.0 Å². The van der Waals surface area contributed by atoms with Crippen LogP contribution in [-0.4, -0.2) is 4.57 Å². The van der Waals surface area contributed by atoms with Gasteiger partial charge in [0.25, 0.3) is 0 Å². The van der Waals surface area contributed by atoms with E-state index in [4.69, 9.17) is 0 Å². The normalized spacial score (nSPS) is 13.3. The van der Waals surface area contributed by atoms with Crippen LogP contribution in [0.2, 0.25) is 0 Å². The number of anilines is 3. The molecule has 2 heteroatoms. The molecule has 0 saturated heterocycles. The minimum absolute atomic E-state index is 0.0891. The molecule has 0 unspecified atom stereocenters. The van der Waals surface area contributed by atoms with Crippen molar-refractivity contribution in [1.82, 2.24) is 4.57 Å². The molecule has 0 aliphatic heterocycles. The Bertz CT molecular complexity index is 2410. The summed E-state index contributed by atoms with van der Waals surface area (Å²) in [5.74, 6) is 0. The zero-order valence-electron chi connectivity index (χ0n) is 25.4. The van der Waals surface area contributed by atoms with Crippen LogP contribution in [0.25, 0.3) is 49.4 Å². The second kappa shape index (κ2) is 9.70. The third kappa shape index (κ3) is 3.76. The molecule has 214 valence electrons. The predicted octanol–water partition coefficient (Wildman–Crippen LogP) is 11.7. The summed E-state index contributed by atoms with van der Waals surface area (Å²) in [6, 6.07) is 57.6. The first-order valence-electron chi connectivity index (χ1n) is 15.7. The van der Waals surface area contributed by atoms with E-state index in [9.17, 15) is 0 Å². The van der Waals surface area contributed by atoms with Crippen LogP contribution in [0, 0.1) is 0 Å². The number of aromatic nitrogens is 1. The standard InChI is InChI=1S/C43H32N2/c1-43(2)37-22-10-8-19-33(37)34-27-26-31(28-38(34)43)44(30-16-4-3-5-17-30)41-25-13-21-36-35-20-9-11-23-40(35)45(42(36)41)39-24-12-15-29-14-6-7-18-32(29)39/h3-28H,1-2H3. The molecule has 0 N–H and O–H groups in total. The van der Waals surface area contributed by atoms with Gasteiger partial charge in [0.1, 0.15) is 0 Å². The molecule has 7 aromatic carbocycles. The van der Waals surface area contributed by atoms with E-state index in [1.807, 2.05) is 0 Å². The average Bonchev–Trinajstić information content (AvgIpc) is 3.54. The molecular weight excluding hydrogens is 544 g/mol. The van der Waals surface area contributed by atoms with Crippen molar-refractivity contribution in [3.05, 3.63) is 169 Å². The van der Waals surface area contributed by atoms with Crippen molar-refractivity contribution >= 4 is 49.6 Å². The summed E-state index contributed by atoms with van der Waals surface area (Å²) in [6.07, 6.45) is 0. The smallest absolute Gasteiger partial charge is 0.0782 e. The molecule has 8 aromatic rings. The maximum Gasteiger partial charge on any atom is 0.0782 e. The summed E-state index contributed by atoms with van der Waals surface area (Å²) < 4.78 is 2.48. The highest BCUT2D eigenvalue weighted by Gasteiger charge is 2.36. The zero-order valence-corrected chi connectivity index (χ0v) is 25.4. The minimum Gasteiger partial charge on any atom is -0.308 e. The molecule has 0 fully saturated rings. The van der Waals surface area contributed by atoms with Crippen molar-refractivity contribution in [2.24, 2.45) is 0 Å². The summed E-state index contributed by atoms with van der Waals surface area (Å²) in [5, 5.41) is 4.96. The lowest BCUT2D eigenvalue weighted by Crippen LogP contribution is -2.17. The van der Waals surface area contributed by atoms with Gasteiger partial charge >= 0.3 is 0 Å². The molecule has 9 rings (SSSR count). The van der Waals surface area contributed by atoms with Crippen LogP contribution in [0.5, 0.6) is 0 Å². The first kappa shape index (κ1) is 25.9. The van der Waals surface area contributed by atoms with Crippen LogP contribution in [0.4, 0.5) is 17.1 Å². The lowest BCUT2D eigenvalue weighted by Gasteiger charge is -2.29. The molecule has 0 spiro atoms. The third-order valence-electron chi connectivity index (χ3n) is 9.76. The molecule has 0 atom stereocenters. The molecule has 45 heavy (non-hydrogen) atoms. The summed E-state index contributed by atoms with van der Waals surface area (Å²) >= 11 is 0. The summed E-state index contributed by atoms with van der Waals surface area (Å²) in [5.41, 5.74) is 12.4. The zero-order chi connectivity index (χ0) is 30.1. The van der Waals surface area contributed by atoms with E-state index in [1.54, 1.807) is 0 Å². The molecule has 1 aromatic heterocycles. The van der Waals surface area contributed by atoms with Crippen LogP contribution in [-0.2, 0) is 5.41 Å². The molecule has 1 aliphatic carbocycles. The van der Waals surface area contributed by atoms with E-state index in [1.165, 1.54) is 60.5 Å². The highest BCUT2D eigenvalue weighted by molar-refractivity contribution is 6.15. The number of benzene rings is 7. The second-order valence-corrected chi connectivity index (χ2v) is 12.6. The lowest BCUT2D eigenvalue weighted by molar-refractivity contribution is 0.660. The fourth-order valence-corrected chi connectivity index (χ4v) is 7.67. The Morgan fingerprint density at radius 2 is 1.16 bits per heavy atom. The maximum absolute atomic E-state index is 2.48. The number of rotatable bonds is 4. The summed E-state index contributed by atoms with van der Waals surface area (Å²) in [4.78, 5) is 2.45. The van der Waals surface area contributed by atoms with Gasteiger partial charge in [0, 0.05) is 32.9 Å². The quantitative estimate of drug-likeness (QED) is 0.202. The van der Waals surface area contributed by atoms with Gasteiger partial charge in [0.05, 0.1) is 22.4 Å². The number of nitrogens with zero attached hydrogens (tertiary/aromatic N) is 2. The van der Waals surface area contributed by atoms with E-state index in [-0.39, 0.29) is 5.41 Å². The topological polar surface area (TPSA) is 8.17 Å². The molecule has 1 aliphatic rings. The van der Waals surface area contributed by atoms with Gasteiger partial charge in [-0.3, -0.25) is 0 Å². The molecular formula is C43H32N2. The van der Waals surface area contributed by atoms with E-state index >= 15 is 0 Å². The predicted molar refractivity (Wildman–Crippen MR) is 191 cm³/mol. The average molecular weight is 577 g/mol. The summed E-state index contributed by atoms with van der Waals surface area (Å²) in [7, 11) is 0. The van der Waals surface area contributed by atoms with Crippen molar-refractivity contribution in [3.8, 4) is 16.8 Å². The van der Waals surface area contributed by atoms with Gasteiger partial charge in [-0.05, 0) is 70.1 Å². The fraction of sp³-hybridized carbons (Fsp3) is 0.0698.